The normalized spacial score (nSPS) is 18.9. The number of hydrogen-bond acceptors (Lipinski definition) is 5. The van der Waals surface area contributed by atoms with Crippen LogP contribution in [0.2, 0.25) is 0 Å². The summed E-state index contributed by atoms with van der Waals surface area (Å²) in [6.45, 7) is 3.36. The van der Waals surface area contributed by atoms with E-state index in [1.807, 2.05) is 0 Å². The third-order valence-electron chi connectivity index (χ3n) is 3.33. The van der Waals surface area contributed by atoms with E-state index in [4.69, 9.17) is 9.47 Å². The fourth-order valence-electron chi connectivity index (χ4n) is 2.30. The van der Waals surface area contributed by atoms with E-state index in [1.165, 1.54) is 12.7 Å². The number of methoxy groups -OCH3 is 1. The molecular formula is C14H21NO3S. The van der Waals surface area contributed by atoms with Crippen LogP contribution in [0.25, 0.3) is 0 Å². The third-order valence-corrected chi connectivity index (χ3v) is 4.06. The molecule has 0 aromatic carbocycles. The lowest BCUT2D eigenvalue weighted by atomic mass is 10.2. The van der Waals surface area contributed by atoms with Gasteiger partial charge < -0.3 is 9.47 Å². The molecule has 0 N–H and O–H groups in total. The molecule has 1 fully saturated rings. The van der Waals surface area contributed by atoms with Crippen LogP contribution in [0.1, 0.15) is 24.8 Å². The Bertz CT molecular complexity index is 374. The molecule has 106 valence electrons. The van der Waals surface area contributed by atoms with Gasteiger partial charge in [-0.2, -0.15) is 11.3 Å². The van der Waals surface area contributed by atoms with Crippen molar-refractivity contribution < 1.29 is 14.3 Å². The zero-order chi connectivity index (χ0) is 13.5. The van der Waals surface area contributed by atoms with E-state index < -0.39 is 0 Å². The van der Waals surface area contributed by atoms with Crippen LogP contribution in [-0.4, -0.2) is 43.8 Å². The largest absolute Gasteiger partial charge is 0.469 e. The van der Waals surface area contributed by atoms with Gasteiger partial charge in [-0.25, -0.2) is 0 Å². The fraction of sp³-hybridized carbons (Fsp3) is 0.643. The maximum atomic E-state index is 11.3. The number of rotatable bonds is 7. The van der Waals surface area contributed by atoms with Crippen LogP contribution in [0.3, 0.4) is 0 Å². The quantitative estimate of drug-likeness (QED) is 0.720. The highest BCUT2D eigenvalue weighted by Gasteiger charge is 2.20. The summed E-state index contributed by atoms with van der Waals surface area (Å²) < 4.78 is 10.4. The van der Waals surface area contributed by atoms with Gasteiger partial charge in [0, 0.05) is 26.2 Å². The Hall–Kier alpha value is -0.910. The van der Waals surface area contributed by atoms with E-state index in [-0.39, 0.29) is 5.97 Å². The molecule has 0 spiro atoms. The van der Waals surface area contributed by atoms with Crippen molar-refractivity contribution in [2.45, 2.75) is 31.9 Å². The molecule has 19 heavy (non-hydrogen) atoms. The first-order valence-electron chi connectivity index (χ1n) is 6.70. The van der Waals surface area contributed by atoms with Gasteiger partial charge >= 0.3 is 5.97 Å². The second kappa shape index (κ2) is 7.62. The minimum atomic E-state index is -0.150. The first kappa shape index (κ1) is 14.5. The molecule has 2 rings (SSSR count). The molecule has 1 aromatic rings. The molecule has 4 nitrogen and oxygen atoms in total. The molecule has 2 heterocycles. The SMILES string of the molecule is COC(=O)CCN(Cc1ccsc1)CC1CCCO1. The van der Waals surface area contributed by atoms with Crippen molar-refractivity contribution in [3.8, 4) is 0 Å². The Morgan fingerprint density at radius 1 is 1.63 bits per heavy atom. The summed E-state index contributed by atoms with van der Waals surface area (Å²) in [5, 5.41) is 4.24. The maximum absolute atomic E-state index is 11.3. The Morgan fingerprint density at radius 2 is 2.53 bits per heavy atom. The molecule has 1 aliphatic rings. The van der Waals surface area contributed by atoms with E-state index >= 15 is 0 Å². The highest BCUT2D eigenvalue weighted by Crippen LogP contribution is 2.16. The average Bonchev–Trinajstić information content (AvgIpc) is 3.08. The lowest BCUT2D eigenvalue weighted by Gasteiger charge is -2.24. The van der Waals surface area contributed by atoms with Crippen molar-refractivity contribution in [3.63, 3.8) is 0 Å². The van der Waals surface area contributed by atoms with Gasteiger partial charge in [0.15, 0.2) is 0 Å². The maximum Gasteiger partial charge on any atom is 0.306 e. The summed E-state index contributed by atoms with van der Waals surface area (Å²) in [5.41, 5.74) is 1.30. The fourth-order valence-corrected chi connectivity index (χ4v) is 2.96. The van der Waals surface area contributed by atoms with Crippen LogP contribution in [0.5, 0.6) is 0 Å². The average molecular weight is 283 g/mol. The van der Waals surface area contributed by atoms with Crippen molar-refractivity contribution in [1.82, 2.24) is 4.90 Å². The number of thiophene rings is 1. The minimum Gasteiger partial charge on any atom is -0.469 e. The molecule has 0 aliphatic carbocycles. The second-order valence-electron chi connectivity index (χ2n) is 4.83. The zero-order valence-electron chi connectivity index (χ0n) is 11.3. The monoisotopic (exact) mass is 283 g/mol. The smallest absolute Gasteiger partial charge is 0.306 e. The van der Waals surface area contributed by atoms with Crippen molar-refractivity contribution >= 4 is 17.3 Å². The second-order valence-corrected chi connectivity index (χ2v) is 5.61. The summed E-state index contributed by atoms with van der Waals surface area (Å²) in [6, 6.07) is 2.13. The van der Waals surface area contributed by atoms with Gasteiger partial charge in [0.2, 0.25) is 0 Å². The Labute approximate surface area is 118 Å². The van der Waals surface area contributed by atoms with Crippen molar-refractivity contribution in [3.05, 3.63) is 22.4 Å². The van der Waals surface area contributed by atoms with Crippen LogP contribution in [0.15, 0.2) is 16.8 Å². The zero-order valence-corrected chi connectivity index (χ0v) is 12.2. The number of ether oxygens (including phenoxy) is 2. The van der Waals surface area contributed by atoms with Crippen molar-refractivity contribution in [2.75, 3.05) is 26.8 Å². The van der Waals surface area contributed by atoms with Crippen LogP contribution in [0, 0.1) is 0 Å². The molecule has 1 saturated heterocycles. The van der Waals surface area contributed by atoms with Gasteiger partial charge in [-0.05, 0) is 35.2 Å². The standard InChI is InChI=1S/C14H21NO3S/c1-17-14(16)4-6-15(9-12-5-8-19-11-12)10-13-3-2-7-18-13/h5,8,11,13H,2-4,6-7,9-10H2,1H3. The van der Waals surface area contributed by atoms with Crippen LogP contribution in [-0.2, 0) is 20.8 Å². The molecule has 1 unspecified atom stereocenters. The van der Waals surface area contributed by atoms with E-state index in [0.717, 1.165) is 39.1 Å². The first-order valence-corrected chi connectivity index (χ1v) is 7.64. The summed E-state index contributed by atoms with van der Waals surface area (Å²) in [6.07, 6.45) is 3.02. The summed E-state index contributed by atoms with van der Waals surface area (Å²) in [4.78, 5) is 13.6. The minimum absolute atomic E-state index is 0.150. The lowest BCUT2D eigenvalue weighted by molar-refractivity contribution is -0.141. The predicted octanol–water partition coefficient (Wildman–Crippen LogP) is 2.29. The van der Waals surface area contributed by atoms with Crippen LogP contribution in [0.4, 0.5) is 0 Å². The van der Waals surface area contributed by atoms with E-state index in [1.54, 1.807) is 11.3 Å². The summed E-state index contributed by atoms with van der Waals surface area (Å²) in [5.74, 6) is -0.150. The molecule has 0 radical (unpaired) electrons. The first-order chi connectivity index (χ1) is 9.28. The molecular weight excluding hydrogens is 262 g/mol. The third kappa shape index (κ3) is 4.93. The lowest BCUT2D eigenvalue weighted by Crippen LogP contribution is -2.33. The van der Waals surface area contributed by atoms with Gasteiger partial charge in [0.25, 0.3) is 0 Å². The topological polar surface area (TPSA) is 38.8 Å². The van der Waals surface area contributed by atoms with Gasteiger partial charge in [0.05, 0.1) is 19.6 Å². The highest BCUT2D eigenvalue weighted by molar-refractivity contribution is 7.07. The Kier molecular flexibility index (Phi) is 5.82. The predicted molar refractivity (Wildman–Crippen MR) is 75.2 cm³/mol. The molecule has 1 atom stereocenters. The molecule has 0 amide bonds. The van der Waals surface area contributed by atoms with Crippen LogP contribution < -0.4 is 0 Å². The van der Waals surface area contributed by atoms with Crippen LogP contribution >= 0.6 is 11.3 Å². The Morgan fingerprint density at radius 3 is 3.16 bits per heavy atom. The molecule has 1 aliphatic heterocycles. The molecule has 5 heteroatoms. The van der Waals surface area contributed by atoms with Gasteiger partial charge in [0.1, 0.15) is 0 Å². The van der Waals surface area contributed by atoms with Gasteiger partial charge in [-0.3, -0.25) is 9.69 Å². The number of nitrogens with zero attached hydrogens (tertiary/aromatic N) is 1. The van der Waals surface area contributed by atoms with Gasteiger partial charge in [-0.1, -0.05) is 0 Å². The summed E-state index contributed by atoms with van der Waals surface area (Å²) >= 11 is 1.70. The van der Waals surface area contributed by atoms with E-state index in [2.05, 4.69) is 21.7 Å². The molecule has 0 bridgehead atoms. The van der Waals surface area contributed by atoms with Crippen molar-refractivity contribution in [2.24, 2.45) is 0 Å². The highest BCUT2D eigenvalue weighted by atomic mass is 32.1. The molecule has 0 saturated carbocycles. The number of hydrogen-bond donors (Lipinski definition) is 0. The van der Waals surface area contributed by atoms with Gasteiger partial charge in [-0.15, -0.1) is 0 Å². The number of carbonyl (C=O) groups is 1. The van der Waals surface area contributed by atoms with Crippen molar-refractivity contribution in [1.29, 1.82) is 0 Å². The summed E-state index contributed by atoms with van der Waals surface area (Å²) in [7, 11) is 1.44. The number of esters is 1. The Balaban J connectivity index is 1.85. The number of carbonyl (C=O) groups excluding carboxylic acids is 1. The van der Waals surface area contributed by atoms with E-state index in [9.17, 15) is 4.79 Å². The molecule has 1 aromatic heterocycles. The van der Waals surface area contributed by atoms with E-state index in [0.29, 0.717) is 12.5 Å².